The second-order valence-corrected chi connectivity index (χ2v) is 6.81. The van der Waals surface area contributed by atoms with E-state index in [4.69, 9.17) is 23.1 Å². The third kappa shape index (κ3) is 5.34. The van der Waals surface area contributed by atoms with Gasteiger partial charge in [-0.3, -0.25) is 9.59 Å². The van der Waals surface area contributed by atoms with Gasteiger partial charge in [-0.15, -0.1) is 12.4 Å². The Morgan fingerprint density at radius 2 is 2.12 bits per heavy atom. The van der Waals surface area contributed by atoms with Gasteiger partial charge in [0.2, 0.25) is 11.8 Å². The molecular formula is C16H24Cl2N4O2. The van der Waals surface area contributed by atoms with E-state index in [1.807, 2.05) is 0 Å². The van der Waals surface area contributed by atoms with Crippen LogP contribution in [0.1, 0.15) is 30.1 Å². The lowest BCUT2D eigenvalue weighted by Gasteiger charge is -2.22. The van der Waals surface area contributed by atoms with Crippen molar-refractivity contribution in [2.45, 2.75) is 19.8 Å². The van der Waals surface area contributed by atoms with E-state index in [0.29, 0.717) is 25.2 Å². The summed E-state index contributed by atoms with van der Waals surface area (Å²) in [5.41, 5.74) is 11.9. The maximum Gasteiger partial charge on any atom is 0.250 e. The van der Waals surface area contributed by atoms with Crippen molar-refractivity contribution in [1.82, 2.24) is 4.90 Å². The van der Waals surface area contributed by atoms with Crippen molar-refractivity contribution in [3.8, 4) is 0 Å². The summed E-state index contributed by atoms with van der Waals surface area (Å²) in [6.45, 7) is 5.44. The molecule has 0 bridgehead atoms. The topological polar surface area (TPSA) is 101 Å². The first-order chi connectivity index (χ1) is 10.8. The lowest BCUT2D eigenvalue weighted by atomic mass is 9.90. The Bertz CT molecular complexity index is 612. The number of carbonyl (C=O) groups excluding carboxylic acids is 2. The summed E-state index contributed by atoms with van der Waals surface area (Å²) >= 11 is 5.96. The number of carbonyl (C=O) groups is 2. The molecule has 1 aromatic carbocycles. The number of nitrogens with two attached hydrogens (primary N) is 2. The molecular weight excluding hydrogens is 351 g/mol. The van der Waals surface area contributed by atoms with Gasteiger partial charge in [0.25, 0.3) is 0 Å². The van der Waals surface area contributed by atoms with Gasteiger partial charge in [-0.2, -0.15) is 0 Å². The molecule has 1 heterocycles. The van der Waals surface area contributed by atoms with E-state index in [0.717, 1.165) is 19.5 Å². The monoisotopic (exact) mass is 374 g/mol. The van der Waals surface area contributed by atoms with Crippen molar-refractivity contribution < 1.29 is 9.59 Å². The fourth-order valence-corrected chi connectivity index (χ4v) is 3.03. The van der Waals surface area contributed by atoms with Crippen LogP contribution in [0.15, 0.2) is 18.2 Å². The third-order valence-corrected chi connectivity index (χ3v) is 4.62. The molecule has 5 N–H and O–H groups in total. The molecule has 1 aliphatic rings. The Kier molecular flexibility index (Phi) is 7.48. The van der Waals surface area contributed by atoms with E-state index in [-0.39, 0.29) is 34.3 Å². The van der Waals surface area contributed by atoms with E-state index in [1.165, 1.54) is 12.1 Å². The number of nitrogens with zero attached hydrogens (tertiary/aromatic N) is 1. The van der Waals surface area contributed by atoms with E-state index < -0.39 is 5.91 Å². The fourth-order valence-electron chi connectivity index (χ4n) is 2.76. The highest BCUT2D eigenvalue weighted by molar-refractivity contribution is 6.34. The number of benzene rings is 1. The zero-order chi connectivity index (χ0) is 17.0. The van der Waals surface area contributed by atoms with E-state index in [2.05, 4.69) is 17.1 Å². The van der Waals surface area contributed by atoms with Crippen LogP contribution in [0.5, 0.6) is 0 Å². The summed E-state index contributed by atoms with van der Waals surface area (Å²) < 4.78 is 0. The average molecular weight is 375 g/mol. The zero-order valence-corrected chi connectivity index (χ0v) is 15.3. The van der Waals surface area contributed by atoms with Gasteiger partial charge in [0.1, 0.15) is 0 Å². The Morgan fingerprint density at radius 3 is 2.67 bits per heavy atom. The Balaban J connectivity index is 0.00000288. The third-order valence-electron chi connectivity index (χ3n) is 4.30. The summed E-state index contributed by atoms with van der Waals surface area (Å²) in [6.07, 6.45) is 1.46. The van der Waals surface area contributed by atoms with Crippen LogP contribution in [0.25, 0.3) is 0 Å². The lowest BCUT2D eigenvalue weighted by Crippen LogP contribution is -2.32. The van der Waals surface area contributed by atoms with Gasteiger partial charge in [0.15, 0.2) is 0 Å². The van der Waals surface area contributed by atoms with Crippen molar-refractivity contribution in [3.63, 3.8) is 0 Å². The van der Waals surface area contributed by atoms with Crippen molar-refractivity contribution in [1.29, 1.82) is 0 Å². The number of likely N-dealkylation sites (tertiary alicyclic amines) is 1. The molecule has 1 aromatic rings. The number of anilines is 1. The highest BCUT2D eigenvalue weighted by atomic mass is 35.5. The van der Waals surface area contributed by atoms with E-state index >= 15 is 0 Å². The minimum atomic E-state index is -0.593. The molecule has 1 fully saturated rings. The van der Waals surface area contributed by atoms with Gasteiger partial charge in [0.05, 0.1) is 10.6 Å². The van der Waals surface area contributed by atoms with Crippen molar-refractivity contribution in [3.05, 3.63) is 28.8 Å². The Labute approximate surface area is 153 Å². The molecule has 1 saturated heterocycles. The van der Waals surface area contributed by atoms with Gasteiger partial charge >= 0.3 is 0 Å². The summed E-state index contributed by atoms with van der Waals surface area (Å²) in [6, 6.07) is 4.65. The SMILES string of the molecule is CC1(CN)CCN(CCC(=O)Nc2ccc(C(N)=O)c(Cl)c2)C1.Cl. The van der Waals surface area contributed by atoms with Gasteiger partial charge in [-0.1, -0.05) is 18.5 Å². The molecule has 24 heavy (non-hydrogen) atoms. The second-order valence-electron chi connectivity index (χ2n) is 6.40. The highest BCUT2D eigenvalue weighted by Crippen LogP contribution is 2.28. The minimum Gasteiger partial charge on any atom is -0.366 e. The molecule has 6 nitrogen and oxygen atoms in total. The summed E-state index contributed by atoms with van der Waals surface area (Å²) in [5, 5.41) is 3.01. The first-order valence-electron chi connectivity index (χ1n) is 7.65. The first-order valence-corrected chi connectivity index (χ1v) is 8.02. The van der Waals surface area contributed by atoms with Crippen LogP contribution in [0.2, 0.25) is 5.02 Å². The predicted octanol–water partition coefficient (Wildman–Crippen LogP) is 1.86. The number of hydrogen-bond acceptors (Lipinski definition) is 4. The molecule has 0 spiro atoms. The molecule has 2 rings (SSSR count). The number of amides is 2. The summed E-state index contributed by atoms with van der Waals surface area (Å²) in [4.78, 5) is 25.4. The van der Waals surface area contributed by atoms with Crippen LogP contribution in [0, 0.1) is 5.41 Å². The molecule has 8 heteroatoms. The van der Waals surface area contributed by atoms with Crippen molar-refractivity contribution in [2.75, 3.05) is 31.5 Å². The van der Waals surface area contributed by atoms with Gasteiger partial charge < -0.3 is 21.7 Å². The normalized spacial score (nSPS) is 20.5. The van der Waals surface area contributed by atoms with Crippen LogP contribution in [-0.4, -0.2) is 42.9 Å². The quantitative estimate of drug-likeness (QED) is 0.706. The van der Waals surface area contributed by atoms with Crippen LogP contribution in [-0.2, 0) is 4.79 Å². The summed E-state index contributed by atoms with van der Waals surface area (Å²) in [7, 11) is 0. The lowest BCUT2D eigenvalue weighted by molar-refractivity contribution is -0.116. The number of nitrogens with one attached hydrogen (secondary N) is 1. The molecule has 1 atom stereocenters. The first kappa shape index (κ1) is 20.7. The molecule has 2 amide bonds. The average Bonchev–Trinajstić information content (AvgIpc) is 2.87. The van der Waals surface area contributed by atoms with Crippen LogP contribution in [0.3, 0.4) is 0 Å². The maximum atomic E-state index is 12.0. The molecule has 1 unspecified atom stereocenters. The smallest absolute Gasteiger partial charge is 0.250 e. The van der Waals surface area contributed by atoms with Crippen LogP contribution >= 0.6 is 24.0 Å². The number of hydrogen-bond donors (Lipinski definition) is 3. The molecule has 0 aromatic heterocycles. The minimum absolute atomic E-state index is 0. The molecule has 134 valence electrons. The summed E-state index contributed by atoms with van der Waals surface area (Å²) in [5.74, 6) is -0.681. The van der Waals surface area contributed by atoms with E-state index in [1.54, 1.807) is 6.07 Å². The number of primary amides is 1. The van der Waals surface area contributed by atoms with Gasteiger partial charge in [0, 0.05) is 25.2 Å². The van der Waals surface area contributed by atoms with Crippen molar-refractivity contribution in [2.24, 2.45) is 16.9 Å². The second kappa shape index (κ2) is 8.67. The molecule has 0 aliphatic carbocycles. The van der Waals surface area contributed by atoms with E-state index in [9.17, 15) is 9.59 Å². The highest BCUT2D eigenvalue weighted by Gasteiger charge is 2.32. The molecule has 0 radical (unpaired) electrons. The Morgan fingerprint density at radius 1 is 1.42 bits per heavy atom. The molecule has 0 saturated carbocycles. The Hall–Kier alpha value is -1.34. The van der Waals surface area contributed by atoms with Crippen LogP contribution < -0.4 is 16.8 Å². The zero-order valence-electron chi connectivity index (χ0n) is 13.7. The predicted molar refractivity (Wildman–Crippen MR) is 98.7 cm³/mol. The van der Waals surface area contributed by atoms with Crippen molar-refractivity contribution >= 4 is 41.5 Å². The number of rotatable bonds is 6. The van der Waals surface area contributed by atoms with Crippen LogP contribution in [0.4, 0.5) is 5.69 Å². The fraction of sp³-hybridized carbons (Fsp3) is 0.500. The largest absolute Gasteiger partial charge is 0.366 e. The molecule has 1 aliphatic heterocycles. The van der Waals surface area contributed by atoms with Gasteiger partial charge in [-0.05, 0) is 43.1 Å². The number of halogens is 2. The standard InChI is InChI=1S/C16H23ClN4O2.ClH/c1-16(9-18)5-7-21(10-16)6-4-14(22)20-11-2-3-12(15(19)23)13(17)8-11;/h2-3,8H,4-7,9-10,18H2,1H3,(H2,19,23)(H,20,22);1H. The maximum absolute atomic E-state index is 12.0. The van der Waals surface area contributed by atoms with Gasteiger partial charge in [-0.25, -0.2) is 0 Å².